The monoisotopic (exact) mass is 1040 g/mol. The number of hydrogen-bond donors (Lipinski definition) is 0. The van der Waals surface area contributed by atoms with E-state index in [2.05, 4.69) is 165 Å². The van der Waals surface area contributed by atoms with Crippen LogP contribution in [0.5, 0.6) is 0 Å². The molecule has 0 amide bonds. The van der Waals surface area contributed by atoms with Gasteiger partial charge in [0, 0.05) is 59.9 Å². The summed E-state index contributed by atoms with van der Waals surface area (Å²) in [6.07, 6.45) is 1.81. The van der Waals surface area contributed by atoms with Crippen molar-refractivity contribution >= 4 is 54.8 Å². The predicted octanol–water partition coefficient (Wildman–Crippen LogP) is 14.7. The Morgan fingerprint density at radius 2 is 1.36 bits per heavy atom. The van der Waals surface area contributed by atoms with E-state index in [0.717, 1.165) is 66.7 Å². The van der Waals surface area contributed by atoms with Crippen LogP contribution in [0, 0.1) is 23.5 Å². The molecule has 0 aliphatic heterocycles. The van der Waals surface area contributed by atoms with Crippen molar-refractivity contribution in [3.8, 4) is 45.7 Å². The van der Waals surface area contributed by atoms with Gasteiger partial charge in [0.25, 0.3) is 0 Å². The van der Waals surface area contributed by atoms with Crippen LogP contribution in [-0.4, -0.2) is 24.5 Å². The third kappa shape index (κ3) is 8.08. The number of rotatable bonds is 6. The van der Waals surface area contributed by atoms with Gasteiger partial charge >= 0.3 is 5.89 Å². The van der Waals surface area contributed by atoms with Crippen molar-refractivity contribution in [2.75, 3.05) is 0 Å². The van der Waals surface area contributed by atoms with Gasteiger partial charge in [-0.25, -0.2) is 0 Å². The summed E-state index contributed by atoms with van der Waals surface area (Å²) < 4.78 is 14.2. The molecule has 0 aliphatic carbocycles. The molecule has 4 heterocycles. The summed E-state index contributed by atoms with van der Waals surface area (Å²) in [5, 5.41) is 13.5. The second-order valence-electron chi connectivity index (χ2n) is 18.1. The van der Waals surface area contributed by atoms with Crippen LogP contribution < -0.4 is 0 Å². The van der Waals surface area contributed by atoms with Crippen molar-refractivity contribution < 1.29 is 28.9 Å². The first-order chi connectivity index (χ1) is 31.4. The van der Waals surface area contributed by atoms with E-state index in [0.29, 0.717) is 22.3 Å². The van der Waals surface area contributed by atoms with E-state index in [4.69, 9.17) is 13.8 Å². The average molecular weight is 1040 g/mol. The molecule has 9 heteroatoms. The van der Waals surface area contributed by atoms with E-state index in [9.17, 15) is 5.26 Å². The molecular formula is C57H46IrN6O2-2. The largest absolute Gasteiger partial charge is 0.500 e. The summed E-state index contributed by atoms with van der Waals surface area (Å²) in [4.78, 5) is 18.6. The SMILES string of the molecule is CC(C)(C)c1ccnc(-c2[c-]cccc2)n1.CC(C)c1cc(-c2ccccc2)cc(C(C)C)c1-n1c(-c2[c-]cc3oc4cc5oc(C#N)nc5cc4c3c2)nc2ccc3ccccc3c21.[Ir]. The van der Waals surface area contributed by atoms with Crippen molar-refractivity contribution in [3.05, 3.63) is 175 Å². The van der Waals surface area contributed by atoms with Gasteiger partial charge in [-0.1, -0.05) is 115 Å². The standard InChI is InChI=1S/C43H31N4O2.C14H15N2.Ir/c1-24(2)31-19-29(26-10-6-5-7-11-26)20-32(25(3)4)41(31)47-42-30-13-9-8-12-27(30)14-16-35(42)46-43(47)28-15-17-37-33(18-28)34-21-36-39(22-38(34)48-37)49-40(23-44)45-36;1-14(2,3)12-9-10-15-13(16-12)11-7-5-4-6-8-11;/h5-14,16-22,24-25H,1-4H3;4-7,9-10H,1-3H3;/q2*-1;. The Hall–Kier alpha value is -7.24. The number of aromatic nitrogens is 5. The normalized spacial score (nSPS) is 11.7. The summed E-state index contributed by atoms with van der Waals surface area (Å²) in [5.41, 5.74) is 13.5. The zero-order chi connectivity index (χ0) is 45.0. The maximum absolute atomic E-state index is 9.34. The summed E-state index contributed by atoms with van der Waals surface area (Å²) in [7, 11) is 0. The Bertz CT molecular complexity index is 3580. The number of benzene rings is 7. The molecule has 11 rings (SSSR count). The molecule has 66 heavy (non-hydrogen) atoms. The Balaban J connectivity index is 0.000000273. The summed E-state index contributed by atoms with van der Waals surface area (Å²) in [5.74, 6) is 2.07. The van der Waals surface area contributed by atoms with Crippen LogP contribution in [0.15, 0.2) is 148 Å². The minimum absolute atomic E-state index is 0. The van der Waals surface area contributed by atoms with Crippen molar-refractivity contribution in [3.63, 3.8) is 0 Å². The number of nitrogens with zero attached hydrogens (tertiary/aromatic N) is 6. The quantitative estimate of drug-likeness (QED) is 0.153. The number of imidazole rings is 1. The Labute approximate surface area is 397 Å². The van der Waals surface area contributed by atoms with Gasteiger partial charge in [0.2, 0.25) is 0 Å². The van der Waals surface area contributed by atoms with E-state index < -0.39 is 0 Å². The molecule has 11 aromatic rings. The van der Waals surface area contributed by atoms with Gasteiger partial charge in [-0.2, -0.15) is 10.2 Å². The van der Waals surface area contributed by atoms with Gasteiger partial charge in [-0.05, 0) is 69.8 Å². The number of fused-ring (bicyclic) bond motifs is 7. The van der Waals surface area contributed by atoms with Crippen LogP contribution in [0.25, 0.3) is 94.4 Å². The molecule has 0 atom stereocenters. The van der Waals surface area contributed by atoms with E-state index in [1.165, 1.54) is 22.3 Å². The number of oxazole rings is 1. The molecule has 4 aromatic heterocycles. The van der Waals surface area contributed by atoms with Gasteiger partial charge in [0.05, 0.1) is 28.3 Å². The predicted molar refractivity (Wildman–Crippen MR) is 261 cm³/mol. The van der Waals surface area contributed by atoms with Gasteiger partial charge in [0.1, 0.15) is 11.1 Å². The summed E-state index contributed by atoms with van der Waals surface area (Å²) in [6, 6.07) is 54.3. The van der Waals surface area contributed by atoms with E-state index in [1.54, 1.807) is 6.07 Å². The van der Waals surface area contributed by atoms with Crippen LogP contribution in [0.2, 0.25) is 0 Å². The zero-order valence-electron chi connectivity index (χ0n) is 37.8. The van der Waals surface area contributed by atoms with Crippen molar-refractivity contribution in [1.82, 2.24) is 24.5 Å². The molecule has 0 bridgehead atoms. The molecule has 327 valence electrons. The molecule has 0 saturated heterocycles. The minimum Gasteiger partial charge on any atom is -0.500 e. The first-order valence-electron chi connectivity index (χ1n) is 22.0. The van der Waals surface area contributed by atoms with Crippen LogP contribution in [-0.2, 0) is 25.5 Å². The molecule has 7 aromatic carbocycles. The van der Waals surface area contributed by atoms with E-state index >= 15 is 0 Å². The maximum atomic E-state index is 9.34. The Morgan fingerprint density at radius 1 is 0.636 bits per heavy atom. The van der Waals surface area contributed by atoms with Gasteiger partial charge in [-0.15, -0.1) is 59.7 Å². The van der Waals surface area contributed by atoms with Crippen LogP contribution in [0.4, 0.5) is 0 Å². The van der Waals surface area contributed by atoms with Crippen LogP contribution in [0.3, 0.4) is 0 Å². The molecular weight excluding hydrogens is 993 g/mol. The fourth-order valence-corrected chi connectivity index (χ4v) is 8.61. The van der Waals surface area contributed by atoms with Crippen LogP contribution >= 0.6 is 0 Å². The first-order valence-corrected chi connectivity index (χ1v) is 22.0. The molecule has 8 nitrogen and oxygen atoms in total. The molecule has 1 radical (unpaired) electrons. The van der Waals surface area contributed by atoms with E-state index in [-0.39, 0.29) is 43.2 Å². The van der Waals surface area contributed by atoms with Crippen LogP contribution in [0.1, 0.15) is 83.0 Å². The molecule has 0 N–H and O–H groups in total. The second-order valence-corrected chi connectivity index (χ2v) is 18.1. The number of nitriles is 1. The Morgan fingerprint density at radius 3 is 2.08 bits per heavy atom. The number of furan rings is 1. The average Bonchev–Trinajstić information content (AvgIpc) is 4.03. The smallest absolute Gasteiger partial charge is 0.301 e. The summed E-state index contributed by atoms with van der Waals surface area (Å²) >= 11 is 0. The third-order valence-corrected chi connectivity index (χ3v) is 11.9. The molecule has 0 unspecified atom stereocenters. The fraction of sp³-hybridized carbons (Fsp3) is 0.175. The zero-order valence-corrected chi connectivity index (χ0v) is 40.2. The fourth-order valence-electron chi connectivity index (χ4n) is 8.61. The van der Waals surface area contributed by atoms with Gasteiger partial charge in [-0.3, -0.25) is 15.0 Å². The topological polar surface area (TPSA) is 107 Å². The first kappa shape index (κ1) is 44.0. The maximum Gasteiger partial charge on any atom is 0.301 e. The molecule has 0 aliphatic rings. The van der Waals surface area contributed by atoms with Gasteiger partial charge < -0.3 is 13.4 Å². The summed E-state index contributed by atoms with van der Waals surface area (Å²) in [6.45, 7) is 15.5. The molecule has 0 spiro atoms. The van der Waals surface area contributed by atoms with Gasteiger partial charge in [0.15, 0.2) is 11.7 Å². The van der Waals surface area contributed by atoms with E-state index in [1.807, 2.05) is 54.7 Å². The minimum atomic E-state index is 0. The molecule has 0 fully saturated rings. The van der Waals surface area contributed by atoms with Crippen molar-refractivity contribution in [1.29, 1.82) is 5.26 Å². The van der Waals surface area contributed by atoms with Crippen molar-refractivity contribution in [2.45, 2.75) is 65.7 Å². The number of hydrogen-bond acceptors (Lipinski definition) is 7. The molecule has 0 saturated carbocycles. The Kier molecular flexibility index (Phi) is 11.7. The second kappa shape index (κ2) is 17.6. The third-order valence-electron chi connectivity index (χ3n) is 11.9. The van der Waals surface area contributed by atoms with Crippen molar-refractivity contribution in [2.24, 2.45) is 0 Å².